The van der Waals surface area contributed by atoms with E-state index in [1.807, 2.05) is 76.5 Å². The molecule has 5 rings (SSSR count). The van der Waals surface area contributed by atoms with Gasteiger partial charge in [0.1, 0.15) is 18.1 Å². The van der Waals surface area contributed by atoms with Gasteiger partial charge in [0.2, 0.25) is 0 Å². The molecule has 3 fully saturated rings. The molecule has 0 aromatic carbocycles. The highest BCUT2D eigenvalue weighted by molar-refractivity contribution is 6.00. The summed E-state index contributed by atoms with van der Waals surface area (Å²) >= 11 is 0. The Morgan fingerprint density at radius 2 is 1.84 bits per heavy atom. The highest BCUT2D eigenvalue weighted by Crippen LogP contribution is 2.40. The normalized spacial score (nSPS) is 36.4. The zero-order chi connectivity index (χ0) is 40.2. The molecule has 2 aromatic heterocycles. The summed E-state index contributed by atoms with van der Waals surface area (Å²) in [5.41, 5.74) is -0.506. The molecule has 3 aliphatic heterocycles. The maximum Gasteiger partial charge on any atom is 0.410 e. The Bertz CT molecular complexity index is 1610. The van der Waals surface area contributed by atoms with Gasteiger partial charge in [0, 0.05) is 62.4 Å². The minimum absolute atomic E-state index is 0.211. The highest BCUT2D eigenvalue weighted by atomic mass is 16.7. The van der Waals surface area contributed by atoms with Gasteiger partial charge < -0.3 is 43.6 Å². The van der Waals surface area contributed by atoms with Crippen LogP contribution in [-0.2, 0) is 39.8 Å². The third kappa shape index (κ3) is 9.07. The molecule has 0 unspecified atom stereocenters. The Kier molecular flexibility index (Phi) is 13.8. The lowest BCUT2D eigenvalue weighted by molar-refractivity contribution is -0.238. The fourth-order valence-electron chi connectivity index (χ4n) is 8.82. The maximum absolute atomic E-state index is 14.2. The molecule has 306 valence electrons. The number of hydrogen-bond donors (Lipinski definition) is 2. The number of fused-ring (bicyclic) bond motifs is 1. The van der Waals surface area contributed by atoms with E-state index in [-0.39, 0.29) is 24.7 Å². The third-order valence-electron chi connectivity index (χ3n) is 11.9. The number of hydrogen-bond acceptors (Lipinski definition) is 13. The summed E-state index contributed by atoms with van der Waals surface area (Å²) in [4.78, 5) is 54.1. The van der Waals surface area contributed by atoms with Crippen LogP contribution in [0, 0.1) is 11.8 Å². The smallest absolute Gasteiger partial charge is 0.410 e. The number of nitrogens with one attached hydrogen (secondary N) is 1. The number of imidazole rings is 1. The van der Waals surface area contributed by atoms with Crippen molar-refractivity contribution in [3.05, 3.63) is 37.1 Å². The van der Waals surface area contributed by atoms with E-state index >= 15 is 0 Å². The number of likely N-dealkylation sites (N-methyl/N-ethyl adjacent to an activating group) is 1. The van der Waals surface area contributed by atoms with Gasteiger partial charge >= 0.3 is 12.1 Å². The summed E-state index contributed by atoms with van der Waals surface area (Å²) in [5, 5.41) is 14.8. The first-order chi connectivity index (χ1) is 26.0. The van der Waals surface area contributed by atoms with E-state index in [2.05, 4.69) is 15.3 Å². The number of nitrogens with zero attached hydrogens (tertiary/aromatic N) is 5. The van der Waals surface area contributed by atoms with Crippen molar-refractivity contribution in [3.63, 3.8) is 0 Å². The summed E-state index contributed by atoms with van der Waals surface area (Å²) in [6.45, 7) is 14.2. The lowest BCUT2D eigenvalue weighted by Crippen LogP contribution is -2.62. The number of methoxy groups -OCH3 is 1. The van der Waals surface area contributed by atoms with Crippen molar-refractivity contribution in [2.75, 3.05) is 34.4 Å². The summed E-state index contributed by atoms with van der Waals surface area (Å²) in [5.74, 6) is -3.11. The van der Waals surface area contributed by atoms with Gasteiger partial charge in [0.05, 0.1) is 42.4 Å². The molecule has 5 heterocycles. The van der Waals surface area contributed by atoms with Crippen molar-refractivity contribution in [1.82, 2.24) is 29.7 Å². The first kappa shape index (κ1) is 42.7. The molecule has 0 bridgehead atoms. The Balaban J connectivity index is 1.39. The van der Waals surface area contributed by atoms with Gasteiger partial charge in [-0.3, -0.25) is 19.5 Å². The van der Waals surface area contributed by atoms with Crippen molar-refractivity contribution < 1.29 is 43.2 Å². The number of rotatable bonds is 11. The van der Waals surface area contributed by atoms with Gasteiger partial charge in [-0.25, -0.2) is 9.78 Å². The molecule has 1 amide bonds. The molecule has 2 N–H and O–H groups in total. The third-order valence-corrected chi connectivity index (χ3v) is 11.9. The van der Waals surface area contributed by atoms with Crippen molar-refractivity contribution in [3.8, 4) is 11.3 Å². The van der Waals surface area contributed by atoms with Crippen LogP contribution in [0.2, 0.25) is 0 Å². The summed E-state index contributed by atoms with van der Waals surface area (Å²) in [6, 6.07) is 2.49. The first-order valence-electron chi connectivity index (χ1n) is 19.6. The van der Waals surface area contributed by atoms with Crippen LogP contribution in [0.4, 0.5) is 4.79 Å². The van der Waals surface area contributed by atoms with Crippen molar-refractivity contribution in [1.29, 1.82) is 0 Å². The Labute approximate surface area is 325 Å². The van der Waals surface area contributed by atoms with Crippen LogP contribution in [0.1, 0.15) is 74.1 Å². The number of aliphatic hydroxyl groups excluding tert-OH is 1. The van der Waals surface area contributed by atoms with Gasteiger partial charge in [-0.15, -0.1) is 0 Å². The molecule has 0 radical (unpaired) electrons. The van der Waals surface area contributed by atoms with E-state index in [4.69, 9.17) is 23.7 Å². The second kappa shape index (κ2) is 17.8. The second-order valence-corrected chi connectivity index (χ2v) is 16.2. The quantitative estimate of drug-likeness (QED) is 0.193. The average molecular weight is 771 g/mol. The number of cyclic esters (lactones) is 1. The summed E-state index contributed by atoms with van der Waals surface area (Å²) < 4.78 is 33.0. The number of Topliss-reactive ketones (excluding diaryl/α,β-unsaturated/α-hetero) is 1. The van der Waals surface area contributed by atoms with E-state index in [0.29, 0.717) is 32.4 Å². The molecule has 12 atom stereocenters. The van der Waals surface area contributed by atoms with Crippen LogP contribution < -0.4 is 5.32 Å². The first-order valence-corrected chi connectivity index (χ1v) is 19.6. The van der Waals surface area contributed by atoms with Crippen LogP contribution in [-0.4, -0.2) is 142 Å². The number of carbonyl (C=O) groups is 3. The van der Waals surface area contributed by atoms with Crippen LogP contribution in [0.15, 0.2) is 37.1 Å². The number of esters is 1. The molecule has 55 heavy (non-hydrogen) atoms. The molecule has 0 saturated carbocycles. The largest absolute Gasteiger partial charge is 0.458 e. The fraction of sp³-hybridized carbons (Fsp3) is 0.725. The molecule has 3 saturated heterocycles. The molecule has 15 nitrogen and oxygen atoms in total. The number of aromatic nitrogens is 3. The minimum Gasteiger partial charge on any atom is -0.458 e. The molecule has 15 heteroatoms. The molecule has 2 aromatic rings. The topological polar surface area (TPSA) is 167 Å². The zero-order valence-corrected chi connectivity index (χ0v) is 34.1. The Hall–Kier alpha value is -3.47. The number of aryl methyl sites for hydroxylation is 1. The number of pyridine rings is 1. The van der Waals surface area contributed by atoms with E-state index in [1.165, 1.54) is 6.92 Å². The monoisotopic (exact) mass is 770 g/mol. The predicted octanol–water partition coefficient (Wildman–Crippen LogP) is 3.68. The van der Waals surface area contributed by atoms with E-state index in [1.54, 1.807) is 37.7 Å². The highest BCUT2D eigenvalue weighted by Gasteiger charge is 2.59. The van der Waals surface area contributed by atoms with Crippen LogP contribution in [0.3, 0.4) is 0 Å². The van der Waals surface area contributed by atoms with Crippen molar-refractivity contribution >= 4 is 17.8 Å². The molecular formula is C40H62N6O9. The lowest BCUT2D eigenvalue weighted by atomic mass is 9.79. The molecule has 0 spiro atoms. The SMILES string of the molecule is CC[C@H]1OC(=O)[C@H](C)C(=O)[C@H](C)[C@@H](O[C@@H]2OC[C@@H](N(C)C)[C@@H]2O)[C@@](C)(OC)C[C@@H](C)N[C@H](C)[C@H]2N(CCCCn3cnc(-c4cccnc4)c3)C(=O)O[C@]12C. The van der Waals surface area contributed by atoms with Crippen LogP contribution >= 0.6 is 0 Å². The number of amides is 1. The minimum atomic E-state index is -1.22. The second-order valence-electron chi connectivity index (χ2n) is 16.2. The summed E-state index contributed by atoms with van der Waals surface area (Å²) in [7, 11) is 5.28. The average Bonchev–Trinajstić information content (AvgIpc) is 3.85. The predicted molar refractivity (Wildman–Crippen MR) is 204 cm³/mol. The van der Waals surface area contributed by atoms with Crippen LogP contribution in [0.25, 0.3) is 11.3 Å². The van der Waals surface area contributed by atoms with Gasteiger partial charge in [0.15, 0.2) is 17.7 Å². The zero-order valence-electron chi connectivity index (χ0n) is 34.1. The van der Waals surface area contributed by atoms with Crippen molar-refractivity contribution in [2.24, 2.45) is 11.8 Å². The number of ketones is 1. The molecule has 0 aliphatic carbocycles. The van der Waals surface area contributed by atoms with E-state index < -0.39 is 71.5 Å². The molecular weight excluding hydrogens is 708 g/mol. The number of ether oxygens (including phenoxy) is 5. The number of unbranched alkanes of at least 4 members (excludes halogenated alkanes) is 1. The van der Waals surface area contributed by atoms with Gasteiger partial charge in [-0.1, -0.05) is 13.8 Å². The van der Waals surface area contributed by atoms with E-state index in [0.717, 1.165) is 17.7 Å². The lowest BCUT2D eigenvalue weighted by Gasteiger charge is -2.45. The standard InChI is InChI=1S/C40H62N6O9/c1-11-31-40(7)34(46(38(50)55-40)18-13-12-17-45-21-29(42-23-45)28-15-14-16-41-20-28)27(5)43-24(2)19-39(6,51-10)35(25(3)32(47)26(4)36(49)53-31)54-37-33(48)30(22-52-37)44(8)9/h14-16,20-21,23-27,30-31,33-35,37,43,48H,11-13,17-19,22H2,1-10H3/t24-,25+,26-,27-,30-,31-,33+,34-,35-,37+,39+,40-/m1/s1. The Morgan fingerprint density at radius 1 is 1.11 bits per heavy atom. The van der Waals surface area contributed by atoms with Gasteiger partial charge in [-0.05, 0) is 86.5 Å². The summed E-state index contributed by atoms with van der Waals surface area (Å²) in [6.07, 6.45) is 5.32. The maximum atomic E-state index is 14.2. The van der Waals surface area contributed by atoms with Gasteiger partial charge in [-0.2, -0.15) is 0 Å². The van der Waals surface area contributed by atoms with Crippen LogP contribution in [0.5, 0.6) is 0 Å². The van der Waals surface area contributed by atoms with Crippen molar-refractivity contribution in [2.45, 2.75) is 141 Å². The number of carbonyl (C=O) groups excluding carboxylic acids is 3. The fourth-order valence-corrected chi connectivity index (χ4v) is 8.82. The van der Waals surface area contributed by atoms with Gasteiger partial charge in [0.25, 0.3) is 0 Å². The Morgan fingerprint density at radius 3 is 2.47 bits per heavy atom. The number of aliphatic hydroxyl groups is 1. The molecule has 3 aliphatic rings. The van der Waals surface area contributed by atoms with E-state index in [9.17, 15) is 19.5 Å².